The van der Waals surface area contributed by atoms with Crippen molar-refractivity contribution in [2.24, 2.45) is 0 Å². The Kier molecular flexibility index (Phi) is 5.58. The summed E-state index contributed by atoms with van der Waals surface area (Å²) in [6.07, 6.45) is 0. The predicted octanol–water partition coefficient (Wildman–Crippen LogP) is 4.43. The van der Waals surface area contributed by atoms with Crippen LogP contribution in [0.1, 0.15) is 11.1 Å². The largest absolute Gasteiger partial charge is 0.489 e. The minimum atomic E-state index is -0.256. The molecule has 140 valence electrons. The second-order valence-electron chi connectivity index (χ2n) is 6.19. The molecular formula is C22H19N3O2S. The number of rotatable bonds is 7. The van der Waals surface area contributed by atoms with Crippen molar-refractivity contribution in [1.82, 2.24) is 14.8 Å². The number of H-pyrrole nitrogens is 1. The van der Waals surface area contributed by atoms with Crippen LogP contribution < -0.4 is 10.4 Å². The number of nitrogens with zero attached hydrogens (tertiary/aromatic N) is 2. The zero-order valence-electron chi connectivity index (χ0n) is 15.1. The van der Waals surface area contributed by atoms with Crippen LogP contribution in [-0.2, 0) is 12.4 Å². The van der Waals surface area contributed by atoms with Gasteiger partial charge in [0.05, 0.1) is 5.69 Å². The molecule has 0 bridgehead atoms. The van der Waals surface area contributed by atoms with Crippen LogP contribution in [0.15, 0.2) is 94.9 Å². The summed E-state index contributed by atoms with van der Waals surface area (Å²) in [6.45, 7) is 0.504. The van der Waals surface area contributed by atoms with Crippen molar-refractivity contribution >= 4 is 11.8 Å². The van der Waals surface area contributed by atoms with Crippen LogP contribution in [0.2, 0.25) is 0 Å². The molecule has 0 aliphatic rings. The van der Waals surface area contributed by atoms with Gasteiger partial charge in [0.15, 0.2) is 5.16 Å². The Bertz CT molecular complexity index is 1070. The van der Waals surface area contributed by atoms with Gasteiger partial charge in [-0.05, 0) is 35.4 Å². The Morgan fingerprint density at radius 3 is 2.18 bits per heavy atom. The minimum absolute atomic E-state index is 0.256. The minimum Gasteiger partial charge on any atom is -0.489 e. The van der Waals surface area contributed by atoms with Crippen molar-refractivity contribution in [1.29, 1.82) is 0 Å². The molecule has 0 fully saturated rings. The fourth-order valence-corrected chi connectivity index (χ4v) is 3.68. The standard InChI is InChI=1S/C22H19N3O2S/c26-21-23-24-22(28-16-18-9-5-2-6-10-18)25(21)19-11-13-20(14-12-19)27-15-17-7-3-1-4-8-17/h1-14H,15-16H2,(H,23,26). The van der Waals surface area contributed by atoms with Gasteiger partial charge in [0.2, 0.25) is 0 Å². The first-order valence-corrected chi connectivity index (χ1v) is 9.89. The van der Waals surface area contributed by atoms with E-state index in [1.54, 1.807) is 4.57 Å². The van der Waals surface area contributed by atoms with Gasteiger partial charge in [-0.25, -0.2) is 14.5 Å². The van der Waals surface area contributed by atoms with E-state index in [0.717, 1.165) is 22.8 Å². The molecule has 4 rings (SSSR count). The summed E-state index contributed by atoms with van der Waals surface area (Å²) >= 11 is 1.52. The molecule has 0 atom stereocenters. The number of benzene rings is 3. The molecule has 0 saturated heterocycles. The van der Waals surface area contributed by atoms with Gasteiger partial charge >= 0.3 is 5.69 Å². The van der Waals surface area contributed by atoms with Crippen LogP contribution >= 0.6 is 11.8 Å². The number of aromatic amines is 1. The molecule has 28 heavy (non-hydrogen) atoms. The third kappa shape index (κ3) is 4.35. The lowest BCUT2D eigenvalue weighted by Crippen LogP contribution is -2.15. The highest BCUT2D eigenvalue weighted by Gasteiger charge is 2.11. The van der Waals surface area contributed by atoms with Crippen molar-refractivity contribution in [2.45, 2.75) is 17.5 Å². The van der Waals surface area contributed by atoms with Crippen molar-refractivity contribution in [2.75, 3.05) is 0 Å². The SMILES string of the molecule is O=c1[nH]nc(SCc2ccccc2)n1-c1ccc(OCc2ccccc2)cc1. The number of hydrogen-bond acceptors (Lipinski definition) is 4. The topological polar surface area (TPSA) is 59.9 Å². The highest BCUT2D eigenvalue weighted by Crippen LogP contribution is 2.23. The lowest BCUT2D eigenvalue weighted by atomic mass is 10.2. The number of nitrogens with one attached hydrogen (secondary N) is 1. The van der Waals surface area contributed by atoms with Gasteiger partial charge < -0.3 is 4.74 Å². The maximum atomic E-state index is 12.2. The third-order valence-corrected chi connectivity index (χ3v) is 5.21. The molecule has 1 heterocycles. The average Bonchev–Trinajstić information content (AvgIpc) is 3.13. The fourth-order valence-electron chi connectivity index (χ4n) is 2.76. The molecular weight excluding hydrogens is 370 g/mol. The first kappa shape index (κ1) is 18.1. The molecule has 6 heteroatoms. The first-order chi connectivity index (χ1) is 13.8. The molecule has 3 aromatic carbocycles. The van der Waals surface area contributed by atoms with Gasteiger partial charge in [-0.2, -0.15) is 0 Å². The molecule has 5 nitrogen and oxygen atoms in total. The summed E-state index contributed by atoms with van der Waals surface area (Å²) in [7, 11) is 0. The van der Waals surface area contributed by atoms with Gasteiger partial charge in [0, 0.05) is 5.75 Å². The Labute approximate surface area is 167 Å². The predicted molar refractivity (Wildman–Crippen MR) is 111 cm³/mol. The second kappa shape index (κ2) is 8.63. The fraction of sp³-hybridized carbons (Fsp3) is 0.0909. The zero-order valence-corrected chi connectivity index (χ0v) is 15.9. The number of aromatic nitrogens is 3. The van der Waals surface area contributed by atoms with E-state index >= 15 is 0 Å². The summed E-state index contributed by atoms with van der Waals surface area (Å²) in [5.74, 6) is 1.49. The third-order valence-electron chi connectivity index (χ3n) is 4.20. The lowest BCUT2D eigenvalue weighted by Gasteiger charge is -2.09. The second-order valence-corrected chi connectivity index (χ2v) is 7.13. The Morgan fingerprint density at radius 2 is 1.50 bits per heavy atom. The van der Waals surface area contributed by atoms with Crippen LogP contribution in [0.5, 0.6) is 5.75 Å². The number of hydrogen-bond donors (Lipinski definition) is 1. The molecule has 0 aliphatic heterocycles. The van der Waals surface area contributed by atoms with Gasteiger partial charge in [0.1, 0.15) is 12.4 Å². The molecule has 0 spiro atoms. The molecule has 0 radical (unpaired) electrons. The quantitative estimate of drug-likeness (QED) is 0.475. The number of thioether (sulfide) groups is 1. The highest BCUT2D eigenvalue weighted by molar-refractivity contribution is 7.98. The summed E-state index contributed by atoms with van der Waals surface area (Å²) in [4.78, 5) is 12.2. The van der Waals surface area contributed by atoms with Crippen molar-refractivity contribution < 1.29 is 4.74 Å². The van der Waals surface area contributed by atoms with Crippen molar-refractivity contribution in [3.05, 3.63) is 107 Å². The Balaban J connectivity index is 1.46. The number of ether oxygens (including phenoxy) is 1. The van der Waals surface area contributed by atoms with E-state index in [9.17, 15) is 4.79 Å². The summed E-state index contributed by atoms with van der Waals surface area (Å²) in [5.41, 5.74) is 2.78. The molecule has 0 unspecified atom stereocenters. The van der Waals surface area contributed by atoms with E-state index in [2.05, 4.69) is 22.3 Å². The van der Waals surface area contributed by atoms with Crippen molar-refractivity contribution in [3.8, 4) is 11.4 Å². The van der Waals surface area contributed by atoms with Crippen LogP contribution in [0, 0.1) is 0 Å². The molecule has 1 N–H and O–H groups in total. The average molecular weight is 389 g/mol. The maximum absolute atomic E-state index is 12.2. The molecule has 0 aliphatic carbocycles. The Hall–Kier alpha value is -3.25. The summed E-state index contributed by atoms with van der Waals surface area (Å²) < 4.78 is 7.39. The normalized spacial score (nSPS) is 10.7. The lowest BCUT2D eigenvalue weighted by molar-refractivity contribution is 0.306. The van der Waals surface area contributed by atoms with Gasteiger partial charge in [0.25, 0.3) is 0 Å². The van der Waals surface area contributed by atoms with E-state index in [0.29, 0.717) is 11.8 Å². The molecule has 1 aromatic heterocycles. The van der Waals surface area contributed by atoms with Crippen molar-refractivity contribution in [3.63, 3.8) is 0 Å². The highest BCUT2D eigenvalue weighted by atomic mass is 32.2. The van der Waals surface area contributed by atoms with E-state index in [1.165, 1.54) is 17.3 Å². The molecule has 0 saturated carbocycles. The van der Waals surface area contributed by atoms with Crippen LogP contribution in [0.3, 0.4) is 0 Å². The Morgan fingerprint density at radius 1 is 0.857 bits per heavy atom. The van der Waals surface area contributed by atoms with Gasteiger partial charge in [-0.15, -0.1) is 5.10 Å². The summed E-state index contributed by atoms with van der Waals surface area (Å²) in [6, 6.07) is 27.6. The smallest absolute Gasteiger partial charge is 0.348 e. The van der Waals surface area contributed by atoms with Crippen LogP contribution in [-0.4, -0.2) is 14.8 Å². The molecule has 4 aromatic rings. The monoisotopic (exact) mass is 389 g/mol. The van der Waals surface area contributed by atoms with E-state index in [4.69, 9.17) is 4.74 Å². The van der Waals surface area contributed by atoms with E-state index in [1.807, 2.05) is 72.8 Å². The first-order valence-electron chi connectivity index (χ1n) is 8.91. The van der Waals surface area contributed by atoms with E-state index in [-0.39, 0.29) is 5.69 Å². The summed E-state index contributed by atoms with van der Waals surface area (Å²) in [5, 5.41) is 7.33. The molecule has 0 amide bonds. The maximum Gasteiger partial charge on any atom is 0.348 e. The van der Waals surface area contributed by atoms with Gasteiger partial charge in [-0.1, -0.05) is 72.4 Å². The van der Waals surface area contributed by atoms with Gasteiger partial charge in [-0.3, -0.25) is 0 Å². The van der Waals surface area contributed by atoms with Crippen LogP contribution in [0.4, 0.5) is 0 Å². The zero-order chi connectivity index (χ0) is 19.2. The van der Waals surface area contributed by atoms with E-state index < -0.39 is 0 Å². The van der Waals surface area contributed by atoms with Crippen LogP contribution in [0.25, 0.3) is 5.69 Å².